The van der Waals surface area contributed by atoms with E-state index in [1.807, 2.05) is 0 Å². The highest BCUT2D eigenvalue weighted by molar-refractivity contribution is 6.30. The maximum atomic E-state index is 13.8. The molecular formula is C14H16ClF2NO3. The maximum absolute atomic E-state index is 13.8. The van der Waals surface area contributed by atoms with Gasteiger partial charge in [0.05, 0.1) is 28.9 Å². The quantitative estimate of drug-likeness (QED) is 0.851. The molecule has 1 unspecified atom stereocenters. The number of benzene rings is 1. The van der Waals surface area contributed by atoms with E-state index in [1.54, 1.807) is 13.8 Å². The van der Waals surface area contributed by atoms with E-state index in [0.717, 1.165) is 12.1 Å². The number of hydrogen-bond donors (Lipinski definition) is 1. The van der Waals surface area contributed by atoms with Gasteiger partial charge in [-0.1, -0.05) is 11.6 Å². The molecule has 1 aliphatic rings. The Labute approximate surface area is 126 Å². The number of rotatable bonds is 2. The fraction of sp³-hybridized carbons (Fsp3) is 0.500. The fourth-order valence-electron chi connectivity index (χ4n) is 2.40. The zero-order chi connectivity index (χ0) is 15.8. The van der Waals surface area contributed by atoms with Crippen molar-refractivity contribution in [2.24, 2.45) is 0 Å². The van der Waals surface area contributed by atoms with E-state index in [-0.39, 0.29) is 30.3 Å². The average Bonchev–Trinajstić information content (AvgIpc) is 2.40. The summed E-state index contributed by atoms with van der Waals surface area (Å²) in [5, 5.41) is 8.84. The summed E-state index contributed by atoms with van der Waals surface area (Å²) >= 11 is 5.47. The molecule has 0 aromatic heterocycles. The first-order valence-corrected chi connectivity index (χ1v) is 6.84. The SMILES string of the molecule is CC1(C)CN(C(=O)c2cc(F)c(Cl)cc2F)CC(CO)O1. The lowest BCUT2D eigenvalue weighted by Crippen LogP contribution is -2.55. The van der Waals surface area contributed by atoms with Crippen LogP contribution in [-0.2, 0) is 4.74 Å². The number of halogens is 3. The Morgan fingerprint density at radius 2 is 2.14 bits per heavy atom. The molecule has 2 rings (SSSR count). The Bertz CT molecular complexity index is 565. The maximum Gasteiger partial charge on any atom is 0.257 e. The molecule has 0 aliphatic carbocycles. The van der Waals surface area contributed by atoms with Crippen molar-refractivity contribution in [3.05, 3.63) is 34.4 Å². The second kappa shape index (κ2) is 5.87. The van der Waals surface area contributed by atoms with Crippen LogP contribution in [0.25, 0.3) is 0 Å². The van der Waals surface area contributed by atoms with Gasteiger partial charge >= 0.3 is 0 Å². The van der Waals surface area contributed by atoms with E-state index in [1.165, 1.54) is 4.90 Å². The summed E-state index contributed by atoms with van der Waals surface area (Å²) in [4.78, 5) is 13.7. The largest absolute Gasteiger partial charge is 0.394 e. The molecular weight excluding hydrogens is 304 g/mol. The zero-order valence-corrected chi connectivity index (χ0v) is 12.5. The minimum Gasteiger partial charge on any atom is -0.394 e. The molecule has 7 heteroatoms. The molecule has 1 saturated heterocycles. The van der Waals surface area contributed by atoms with Crippen LogP contribution in [-0.4, -0.2) is 47.3 Å². The number of carbonyl (C=O) groups is 1. The summed E-state index contributed by atoms with van der Waals surface area (Å²) in [5.41, 5.74) is -1.06. The van der Waals surface area contributed by atoms with Crippen LogP contribution >= 0.6 is 11.6 Å². The minimum atomic E-state index is -0.878. The molecule has 0 bridgehead atoms. The molecule has 1 fully saturated rings. The van der Waals surface area contributed by atoms with Gasteiger partial charge in [0, 0.05) is 13.1 Å². The molecule has 1 aliphatic heterocycles. The van der Waals surface area contributed by atoms with Crippen LogP contribution in [0.3, 0.4) is 0 Å². The number of nitrogens with zero attached hydrogens (tertiary/aromatic N) is 1. The first kappa shape index (κ1) is 16.1. The van der Waals surface area contributed by atoms with E-state index in [4.69, 9.17) is 16.3 Å². The Morgan fingerprint density at radius 3 is 2.76 bits per heavy atom. The van der Waals surface area contributed by atoms with E-state index in [0.29, 0.717) is 0 Å². The summed E-state index contributed by atoms with van der Waals surface area (Å²) in [6, 6.07) is 1.57. The van der Waals surface area contributed by atoms with Crippen LogP contribution in [0, 0.1) is 11.6 Å². The number of aliphatic hydroxyl groups is 1. The number of ether oxygens (including phenoxy) is 1. The average molecular weight is 320 g/mol. The normalized spacial score (nSPS) is 21.4. The van der Waals surface area contributed by atoms with Gasteiger partial charge in [-0.2, -0.15) is 0 Å². The molecule has 1 aromatic carbocycles. The van der Waals surface area contributed by atoms with Crippen LogP contribution in [0.1, 0.15) is 24.2 Å². The third-order valence-electron chi connectivity index (χ3n) is 3.21. The van der Waals surface area contributed by atoms with Crippen molar-refractivity contribution in [2.45, 2.75) is 25.6 Å². The van der Waals surface area contributed by atoms with Crippen molar-refractivity contribution >= 4 is 17.5 Å². The van der Waals surface area contributed by atoms with Gasteiger partial charge in [-0.15, -0.1) is 0 Å². The standard InChI is InChI=1S/C14H16ClF2NO3/c1-14(2)7-18(5-8(6-19)21-14)13(20)9-3-12(17)10(15)4-11(9)16/h3-4,8,19H,5-7H2,1-2H3. The van der Waals surface area contributed by atoms with Gasteiger partial charge in [0.15, 0.2) is 0 Å². The number of hydrogen-bond acceptors (Lipinski definition) is 3. The van der Waals surface area contributed by atoms with Crippen molar-refractivity contribution in [3.63, 3.8) is 0 Å². The molecule has 1 heterocycles. The Morgan fingerprint density at radius 1 is 1.48 bits per heavy atom. The summed E-state index contributed by atoms with van der Waals surface area (Å²) in [7, 11) is 0. The number of amides is 1. The van der Waals surface area contributed by atoms with Crippen LogP contribution in [0.4, 0.5) is 8.78 Å². The number of aliphatic hydroxyl groups excluding tert-OH is 1. The van der Waals surface area contributed by atoms with Gasteiger partial charge in [-0.3, -0.25) is 4.79 Å². The molecule has 0 saturated carbocycles. The molecule has 0 radical (unpaired) electrons. The van der Waals surface area contributed by atoms with Gasteiger partial charge in [0.1, 0.15) is 11.6 Å². The van der Waals surface area contributed by atoms with Crippen molar-refractivity contribution in [1.29, 1.82) is 0 Å². The van der Waals surface area contributed by atoms with Crippen molar-refractivity contribution < 1.29 is 23.4 Å². The molecule has 1 aromatic rings. The van der Waals surface area contributed by atoms with Crippen LogP contribution < -0.4 is 0 Å². The Kier molecular flexibility index (Phi) is 4.51. The highest BCUT2D eigenvalue weighted by Crippen LogP contribution is 2.25. The molecule has 4 nitrogen and oxygen atoms in total. The summed E-state index contributed by atoms with van der Waals surface area (Å²) < 4.78 is 32.9. The molecule has 21 heavy (non-hydrogen) atoms. The van der Waals surface area contributed by atoms with Crippen LogP contribution in [0.15, 0.2) is 12.1 Å². The summed E-state index contributed by atoms with van der Waals surface area (Å²) in [5.74, 6) is -2.39. The van der Waals surface area contributed by atoms with Gasteiger partial charge in [-0.25, -0.2) is 8.78 Å². The van der Waals surface area contributed by atoms with Gasteiger partial charge < -0.3 is 14.7 Å². The predicted molar refractivity (Wildman–Crippen MR) is 73.3 cm³/mol. The first-order valence-electron chi connectivity index (χ1n) is 6.46. The number of carbonyl (C=O) groups excluding carboxylic acids is 1. The minimum absolute atomic E-state index is 0.114. The van der Waals surface area contributed by atoms with Crippen molar-refractivity contribution in [2.75, 3.05) is 19.7 Å². The smallest absolute Gasteiger partial charge is 0.257 e. The molecule has 1 N–H and O–H groups in total. The molecule has 1 atom stereocenters. The monoisotopic (exact) mass is 319 g/mol. The van der Waals surface area contributed by atoms with E-state index >= 15 is 0 Å². The zero-order valence-electron chi connectivity index (χ0n) is 11.7. The summed E-state index contributed by atoms with van der Waals surface area (Å²) in [6.07, 6.45) is -0.557. The van der Waals surface area contributed by atoms with Gasteiger partial charge in [0.25, 0.3) is 5.91 Å². The molecule has 1 amide bonds. The van der Waals surface area contributed by atoms with Crippen LogP contribution in [0.5, 0.6) is 0 Å². The second-order valence-electron chi connectivity index (χ2n) is 5.61. The van der Waals surface area contributed by atoms with Crippen molar-refractivity contribution in [3.8, 4) is 0 Å². The Balaban J connectivity index is 2.29. The van der Waals surface area contributed by atoms with E-state index in [2.05, 4.69) is 0 Å². The number of morpholine rings is 1. The lowest BCUT2D eigenvalue weighted by molar-refractivity contribution is -0.139. The fourth-order valence-corrected chi connectivity index (χ4v) is 2.55. The second-order valence-corrected chi connectivity index (χ2v) is 6.02. The van der Waals surface area contributed by atoms with E-state index < -0.39 is 29.2 Å². The molecule has 116 valence electrons. The van der Waals surface area contributed by atoms with Gasteiger partial charge in [-0.05, 0) is 26.0 Å². The first-order chi connectivity index (χ1) is 9.73. The third kappa shape index (κ3) is 3.51. The van der Waals surface area contributed by atoms with Gasteiger partial charge in [0.2, 0.25) is 0 Å². The third-order valence-corrected chi connectivity index (χ3v) is 3.50. The lowest BCUT2D eigenvalue weighted by Gasteiger charge is -2.42. The molecule has 0 spiro atoms. The predicted octanol–water partition coefficient (Wildman–Crippen LogP) is 2.23. The Hall–Kier alpha value is -1.24. The highest BCUT2D eigenvalue weighted by Gasteiger charge is 2.36. The van der Waals surface area contributed by atoms with E-state index in [9.17, 15) is 18.7 Å². The van der Waals surface area contributed by atoms with Crippen LogP contribution in [0.2, 0.25) is 5.02 Å². The summed E-state index contributed by atoms with van der Waals surface area (Å²) in [6.45, 7) is 3.58. The van der Waals surface area contributed by atoms with Crippen molar-refractivity contribution in [1.82, 2.24) is 4.90 Å². The highest BCUT2D eigenvalue weighted by atomic mass is 35.5. The lowest BCUT2D eigenvalue weighted by atomic mass is 10.0. The topological polar surface area (TPSA) is 49.8 Å².